The second kappa shape index (κ2) is 7.85. The number of hydrogen-bond acceptors (Lipinski definition) is 3. The first-order valence-corrected chi connectivity index (χ1v) is 7.66. The Morgan fingerprint density at radius 1 is 1.24 bits per heavy atom. The van der Waals surface area contributed by atoms with Gasteiger partial charge >= 0.3 is 0 Å². The highest BCUT2D eigenvalue weighted by Crippen LogP contribution is 2.18. The summed E-state index contributed by atoms with van der Waals surface area (Å²) in [5.41, 5.74) is 0. The molecule has 0 bridgehead atoms. The minimum Gasteiger partial charge on any atom is -0.376 e. The highest BCUT2D eigenvalue weighted by molar-refractivity contribution is 7.09. The van der Waals surface area contributed by atoms with Gasteiger partial charge in [0.1, 0.15) is 0 Å². The highest BCUT2D eigenvalue weighted by Gasteiger charge is 2.19. The standard InChI is InChI=1S/C14H23NOS/c1(3-9-15-13-7-8-13)2-4-10-16-12-14-6-5-11-17-14/h5-6,11,13,15H,1-4,7-10,12H2. The summed E-state index contributed by atoms with van der Waals surface area (Å²) < 4.78 is 5.63. The van der Waals surface area contributed by atoms with E-state index in [1.165, 1.54) is 49.9 Å². The Balaban J connectivity index is 1.31. The van der Waals surface area contributed by atoms with Gasteiger partial charge in [-0.3, -0.25) is 0 Å². The minimum absolute atomic E-state index is 0.793. The van der Waals surface area contributed by atoms with E-state index in [2.05, 4.69) is 22.8 Å². The molecule has 1 aliphatic carbocycles. The first-order valence-electron chi connectivity index (χ1n) is 6.78. The fourth-order valence-electron chi connectivity index (χ4n) is 1.84. The first-order chi connectivity index (χ1) is 8.45. The zero-order chi connectivity index (χ0) is 11.8. The Morgan fingerprint density at radius 3 is 2.88 bits per heavy atom. The smallest absolute Gasteiger partial charge is 0.0809 e. The molecule has 17 heavy (non-hydrogen) atoms. The Bertz CT molecular complexity index is 282. The predicted octanol–water partition coefficient (Wildman–Crippen LogP) is 3.58. The molecule has 1 aromatic heterocycles. The van der Waals surface area contributed by atoms with E-state index in [0.29, 0.717) is 0 Å². The van der Waals surface area contributed by atoms with E-state index >= 15 is 0 Å². The third-order valence-corrected chi connectivity index (χ3v) is 3.90. The molecule has 1 N–H and O–H groups in total. The van der Waals surface area contributed by atoms with E-state index in [1.807, 2.05) is 0 Å². The summed E-state index contributed by atoms with van der Waals surface area (Å²) in [6, 6.07) is 5.08. The molecule has 1 heterocycles. The number of ether oxygens (including phenoxy) is 1. The predicted molar refractivity (Wildman–Crippen MR) is 73.5 cm³/mol. The normalized spacial score (nSPS) is 15.3. The summed E-state index contributed by atoms with van der Waals surface area (Å²) in [6.45, 7) is 2.91. The van der Waals surface area contributed by atoms with Gasteiger partial charge in [0.2, 0.25) is 0 Å². The topological polar surface area (TPSA) is 21.3 Å². The molecule has 0 atom stereocenters. The molecule has 1 saturated carbocycles. The molecular formula is C14H23NOS. The molecule has 2 rings (SSSR count). The Kier molecular flexibility index (Phi) is 6.03. The molecule has 0 unspecified atom stereocenters. The van der Waals surface area contributed by atoms with Crippen LogP contribution in [0.2, 0.25) is 0 Å². The lowest BCUT2D eigenvalue weighted by Crippen LogP contribution is -2.17. The lowest BCUT2D eigenvalue weighted by Gasteiger charge is -2.04. The summed E-state index contributed by atoms with van der Waals surface area (Å²) in [4.78, 5) is 1.33. The third-order valence-electron chi connectivity index (χ3n) is 3.05. The summed E-state index contributed by atoms with van der Waals surface area (Å²) in [5, 5.41) is 5.65. The summed E-state index contributed by atoms with van der Waals surface area (Å²) in [5.74, 6) is 0. The molecule has 0 saturated heterocycles. The van der Waals surface area contributed by atoms with Crippen LogP contribution in [-0.4, -0.2) is 19.2 Å². The number of hydrogen-bond donors (Lipinski definition) is 1. The maximum absolute atomic E-state index is 5.63. The maximum Gasteiger partial charge on any atom is 0.0809 e. The van der Waals surface area contributed by atoms with Gasteiger partial charge < -0.3 is 10.1 Å². The van der Waals surface area contributed by atoms with Gasteiger partial charge in [-0.2, -0.15) is 0 Å². The Morgan fingerprint density at radius 2 is 2.12 bits per heavy atom. The Labute approximate surface area is 108 Å². The molecule has 0 amide bonds. The fraction of sp³-hybridized carbons (Fsp3) is 0.714. The molecule has 1 aromatic rings. The lowest BCUT2D eigenvalue weighted by atomic mass is 10.2. The molecule has 0 aromatic carbocycles. The number of rotatable bonds is 10. The van der Waals surface area contributed by atoms with Gasteiger partial charge in [0, 0.05) is 17.5 Å². The van der Waals surface area contributed by atoms with E-state index in [1.54, 1.807) is 11.3 Å². The SMILES string of the molecule is c1csc(COCCCCCCNC2CC2)c1. The van der Waals surface area contributed by atoms with Crippen LogP contribution in [0.1, 0.15) is 43.4 Å². The van der Waals surface area contributed by atoms with Crippen molar-refractivity contribution in [2.24, 2.45) is 0 Å². The Hall–Kier alpha value is -0.380. The van der Waals surface area contributed by atoms with Crippen molar-refractivity contribution in [1.29, 1.82) is 0 Å². The molecule has 0 aliphatic heterocycles. The van der Waals surface area contributed by atoms with Gasteiger partial charge in [0.05, 0.1) is 6.61 Å². The van der Waals surface area contributed by atoms with Crippen molar-refractivity contribution in [2.45, 2.75) is 51.2 Å². The van der Waals surface area contributed by atoms with Crippen LogP contribution < -0.4 is 5.32 Å². The van der Waals surface area contributed by atoms with Crippen LogP contribution in [0, 0.1) is 0 Å². The van der Waals surface area contributed by atoms with Gasteiger partial charge in [-0.15, -0.1) is 11.3 Å². The maximum atomic E-state index is 5.63. The second-order valence-electron chi connectivity index (χ2n) is 4.77. The third kappa shape index (κ3) is 6.20. The average Bonchev–Trinajstić information content (AvgIpc) is 3.02. The van der Waals surface area contributed by atoms with Crippen LogP contribution in [0.25, 0.3) is 0 Å². The van der Waals surface area contributed by atoms with E-state index in [4.69, 9.17) is 4.74 Å². The van der Waals surface area contributed by atoms with Crippen LogP contribution in [0.3, 0.4) is 0 Å². The summed E-state index contributed by atoms with van der Waals surface area (Å²) >= 11 is 1.77. The van der Waals surface area contributed by atoms with Gasteiger partial charge in [0.15, 0.2) is 0 Å². The van der Waals surface area contributed by atoms with Crippen molar-refractivity contribution in [3.05, 3.63) is 22.4 Å². The van der Waals surface area contributed by atoms with E-state index in [0.717, 1.165) is 19.3 Å². The molecule has 96 valence electrons. The average molecular weight is 253 g/mol. The van der Waals surface area contributed by atoms with E-state index in [-0.39, 0.29) is 0 Å². The molecular weight excluding hydrogens is 230 g/mol. The molecule has 1 aliphatic rings. The van der Waals surface area contributed by atoms with Crippen LogP contribution in [-0.2, 0) is 11.3 Å². The fourth-order valence-corrected chi connectivity index (χ4v) is 2.48. The number of thiophene rings is 1. The summed E-state index contributed by atoms with van der Waals surface area (Å²) in [6.07, 6.45) is 7.96. The zero-order valence-electron chi connectivity index (χ0n) is 10.5. The molecule has 0 spiro atoms. The quantitative estimate of drug-likeness (QED) is 0.644. The van der Waals surface area contributed by atoms with Crippen molar-refractivity contribution in [3.8, 4) is 0 Å². The van der Waals surface area contributed by atoms with Crippen LogP contribution in [0.4, 0.5) is 0 Å². The van der Waals surface area contributed by atoms with Gasteiger partial charge in [-0.1, -0.05) is 18.9 Å². The van der Waals surface area contributed by atoms with E-state index < -0.39 is 0 Å². The van der Waals surface area contributed by atoms with Crippen LogP contribution in [0.15, 0.2) is 17.5 Å². The van der Waals surface area contributed by atoms with E-state index in [9.17, 15) is 0 Å². The van der Waals surface area contributed by atoms with Crippen molar-refractivity contribution < 1.29 is 4.74 Å². The van der Waals surface area contributed by atoms with Gasteiger partial charge in [-0.05, 0) is 43.7 Å². The monoisotopic (exact) mass is 253 g/mol. The van der Waals surface area contributed by atoms with Crippen molar-refractivity contribution in [3.63, 3.8) is 0 Å². The number of unbranched alkanes of at least 4 members (excludes halogenated alkanes) is 3. The van der Waals surface area contributed by atoms with Gasteiger partial charge in [0.25, 0.3) is 0 Å². The molecule has 3 heteroatoms. The first kappa shape index (κ1) is 13.1. The molecule has 0 radical (unpaired) electrons. The largest absolute Gasteiger partial charge is 0.376 e. The molecule has 1 fully saturated rings. The zero-order valence-corrected chi connectivity index (χ0v) is 11.3. The second-order valence-corrected chi connectivity index (χ2v) is 5.81. The van der Waals surface area contributed by atoms with Crippen LogP contribution >= 0.6 is 11.3 Å². The number of nitrogens with one attached hydrogen (secondary N) is 1. The van der Waals surface area contributed by atoms with Gasteiger partial charge in [-0.25, -0.2) is 0 Å². The summed E-state index contributed by atoms with van der Waals surface area (Å²) in [7, 11) is 0. The minimum atomic E-state index is 0.793. The van der Waals surface area contributed by atoms with Crippen molar-refractivity contribution in [1.82, 2.24) is 5.32 Å². The van der Waals surface area contributed by atoms with Crippen molar-refractivity contribution in [2.75, 3.05) is 13.2 Å². The molecule has 2 nitrogen and oxygen atoms in total. The van der Waals surface area contributed by atoms with Crippen LogP contribution in [0.5, 0.6) is 0 Å². The van der Waals surface area contributed by atoms with Crippen molar-refractivity contribution >= 4 is 11.3 Å². The highest BCUT2D eigenvalue weighted by atomic mass is 32.1. The lowest BCUT2D eigenvalue weighted by molar-refractivity contribution is 0.119.